The molecule has 128 valence electrons. The molecule has 0 amide bonds. The van der Waals surface area contributed by atoms with Crippen molar-refractivity contribution in [2.75, 3.05) is 0 Å². The summed E-state index contributed by atoms with van der Waals surface area (Å²) in [5.74, 6) is 0.848. The molecule has 2 aliphatic carbocycles. The fourth-order valence-corrected chi connectivity index (χ4v) is 4.05. The number of nitrogens with zero attached hydrogens (tertiary/aromatic N) is 3. The summed E-state index contributed by atoms with van der Waals surface area (Å²) in [7, 11) is 0. The molecule has 3 rings (SSSR count). The summed E-state index contributed by atoms with van der Waals surface area (Å²) in [5.41, 5.74) is 1.26. The van der Waals surface area contributed by atoms with Gasteiger partial charge in [-0.15, -0.1) is 0 Å². The van der Waals surface area contributed by atoms with Crippen molar-refractivity contribution in [2.45, 2.75) is 59.4 Å². The molecule has 7 heteroatoms. The summed E-state index contributed by atoms with van der Waals surface area (Å²) in [6.45, 7) is 5.64. The largest absolute Gasteiger partial charge is 0.406 e. The highest BCUT2D eigenvalue weighted by atomic mass is 19.4. The number of rotatable bonds is 4. The summed E-state index contributed by atoms with van der Waals surface area (Å²) in [6.07, 6.45) is 1.60. The maximum atomic E-state index is 12.5. The van der Waals surface area contributed by atoms with Crippen LogP contribution in [0.25, 0.3) is 0 Å². The molecule has 0 N–H and O–H groups in total. The highest BCUT2D eigenvalue weighted by Gasteiger charge is 2.60. The second-order valence-electron chi connectivity index (χ2n) is 7.39. The number of halogens is 3. The zero-order valence-electron chi connectivity index (χ0n) is 13.7. The smallest absolute Gasteiger partial charge is 0.388 e. The van der Waals surface area contributed by atoms with E-state index in [-0.39, 0.29) is 23.3 Å². The van der Waals surface area contributed by atoms with Gasteiger partial charge in [0.25, 0.3) is 0 Å². The molecule has 4 nitrogen and oxygen atoms in total. The van der Waals surface area contributed by atoms with E-state index in [1.807, 2.05) is 0 Å². The van der Waals surface area contributed by atoms with Crippen molar-refractivity contribution in [3.05, 3.63) is 18.2 Å². The van der Waals surface area contributed by atoms with Crippen LogP contribution >= 0.6 is 0 Å². The number of aromatic nitrogens is 2. The minimum atomic E-state index is -4.27. The second kappa shape index (κ2) is 5.24. The Morgan fingerprint density at radius 2 is 2.13 bits per heavy atom. The molecule has 0 aliphatic heterocycles. The number of hydrogen-bond donors (Lipinski definition) is 0. The van der Waals surface area contributed by atoms with Crippen LogP contribution in [0.1, 0.15) is 45.9 Å². The van der Waals surface area contributed by atoms with E-state index in [1.54, 1.807) is 0 Å². The van der Waals surface area contributed by atoms with Gasteiger partial charge in [0.2, 0.25) is 0 Å². The maximum Gasteiger partial charge on any atom is 0.406 e. The summed E-state index contributed by atoms with van der Waals surface area (Å²) in [4.78, 5) is 9.29. The van der Waals surface area contributed by atoms with Crippen LogP contribution in [0.5, 0.6) is 0 Å². The average molecular weight is 329 g/mol. The van der Waals surface area contributed by atoms with Crippen molar-refractivity contribution in [3.8, 4) is 0 Å². The van der Waals surface area contributed by atoms with Gasteiger partial charge in [0, 0.05) is 17.8 Å². The van der Waals surface area contributed by atoms with Crippen LogP contribution in [0.3, 0.4) is 0 Å². The molecule has 2 atom stereocenters. The first kappa shape index (κ1) is 16.3. The summed E-state index contributed by atoms with van der Waals surface area (Å²) in [5, 5.41) is 4.27. The molecular formula is C16H22F3N3O. The van der Waals surface area contributed by atoms with E-state index in [9.17, 15) is 13.2 Å². The minimum absolute atomic E-state index is 0.0268. The number of alkyl halides is 3. The summed E-state index contributed by atoms with van der Waals surface area (Å²) in [6, 6.07) is 0. The predicted molar refractivity (Wildman–Crippen MR) is 79.7 cm³/mol. The predicted octanol–water partition coefficient (Wildman–Crippen LogP) is 4.16. The number of imidazole rings is 1. The first-order valence-corrected chi connectivity index (χ1v) is 7.89. The van der Waals surface area contributed by atoms with Gasteiger partial charge < -0.3 is 9.40 Å². The molecule has 1 aromatic heterocycles. The van der Waals surface area contributed by atoms with Crippen molar-refractivity contribution < 1.29 is 18.0 Å². The standard InChI is InChI=1S/C16H22F3N3O/c1-14(2)11-4-5-15(14,3)12(8-11)21-23-9-13-20-6-7-22(13)10-16(17,18)19/h6-7,11H,4-5,8-10H2,1-3H3/b21-12+/t11-,15+/m1/s1. The second-order valence-corrected chi connectivity index (χ2v) is 7.39. The Bertz CT molecular complexity index is 620. The van der Waals surface area contributed by atoms with E-state index in [0.29, 0.717) is 5.92 Å². The van der Waals surface area contributed by atoms with Gasteiger partial charge in [-0.2, -0.15) is 13.2 Å². The monoisotopic (exact) mass is 329 g/mol. The Kier molecular flexibility index (Phi) is 3.72. The van der Waals surface area contributed by atoms with Gasteiger partial charge in [-0.1, -0.05) is 25.9 Å². The highest BCUT2D eigenvalue weighted by Crippen LogP contribution is 2.63. The molecule has 0 spiro atoms. The Hall–Kier alpha value is -1.53. The number of oxime groups is 1. The molecule has 0 saturated heterocycles. The molecule has 0 radical (unpaired) electrons. The Morgan fingerprint density at radius 1 is 1.39 bits per heavy atom. The van der Waals surface area contributed by atoms with Crippen molar-refractivity contribution >= 4 is 5.71 Å². The third-order valence-electron chi connectivity index (χ3n) is 6.03. The van der Waals surface area contributed by atoms with Gasteiger partial charge in [-0.25, -0.2) is 4.98 Å². The van der Waals surface area contributed by atoms with Crippen LogP contribution in [0.15, 0.2) is 17.5 Å². The lowest BCUT2D eigenvalue weighted by Crippen LogP contribution is -2.32. The van der Waals surface area contributed by atoms with Gasteiger partial charge in [-0.05, 0) is 30.6 Å². The Labute approximate surface area is 133 Å². The SMILES string of the molecule is CC1(C)[C@@H]2CC[C@@]1(C)/C(=N/OCc1nccn1CC(F)(F)F)C2. The molecule has 1 aromatic rings. The quantitative estimate of drug-likeness (QED) is 0.778. The first-order chi connectivity index (χ1) is 10.6. The van der Waals surface area contributed by atoms with Crippen LogP contribution in [0, 0.1) is 16.7 Å². The molecule has 2 bridgehead atoms. The van der Waals surface area contributed by atoms with Crippen LogP contribution in [0.2, 0.25) is 0 Å². The number of fused-ring (bicyclic) bond motifs is 2. The van der Waals surface area contributed by atoms with E-state index in [1.165, 1.54) is 18.8 Å². The van der Waals surface area contributed by atoms with E-state index in [4.69, 9.17) is 4.84 Å². The number of hydrogen-bond acceptors (Lipinski definition) is 3. The fourth-order valence-electron chi connectivity index (χ4n) is 4.05. The molecule has 0 aromatic carbocycles. The third-order valence-corrected chi connectivity index (χ3v) is 6.03. The Morgan fingerprint density at radius 3 is 2.70 bits per heavy atom. The third kappa shape index (κ3) is 2.74. The van der Waals surface area contributed by atoms with Crippen molar-refractivity contribution in [1.82, 2.24) is 9.55 Å². The zero-order chi connectivity index (χ0) is 16.9. The molecular weight excluding hydrogens is 307 g/mol. The van der Waals surface area contributed by atoms with Crippen LogP contribution in [0.4, 0.5) is 13.2 Å². The van der Waals surface area contributed by atoms with Crippen LogP contribution in [-0.4, -0.2) is 21.4 Å². The van der Waals surface area contributed by atoms with Gasteiger partial charge >= 0.3 is 6.18 Å². The first-order valence-electron chi connectivity index (χ1n) is 7.89. The highest BCUT2D eigenvalue weighted by molar-refractivity contribution is 5.93. The summed E-state index contributed by atoms with van der Waals surface area (Å²) < 4.78 is 38.5. The molecule has 23 heavy (non-hydrogen) atoms. The van der Waals surface area contributed by atoms with E-state index < -0.39 is 12.7 Å². The topological polar surface area (TPSA) is 39.4 Å². The van der Waals surface area contributed by atoms with Gasteiger partial charge in [0.15, 0.2) is 6.61 Å². The van der Waals surface area contributed by atoms with E-state index in [2.05, 4.69) is 30.9 Å². The lowest BCUT2D eigenvalue weighted by molar-refractivity contribution is -0.141. The van der Waals surface area contributed by atoms with E-state index >= 15 is 0 Å². The fraction of sp³-hybridized carbons (Fsp3) is 0.750. The molecule has 2 fully saturated rings. The van der Waals surface area contributed by atoms with Crippen molar-refractivity contribution in [2.24, 2.45) is 21.9 Å². The minimum Gasteiger partial charge on any atom is -0.388 e. The molecule has 0 unspecified atom stereocenters. The van der Waals surface area contributed by atoms with Gasteiger partial charge in [0.1, 0.15) is 12.4 Å². The van der Waals surface area contributed by atoms with Gasteiger partial charge in [0.05, 0.1) is 5.71 Å². The zero-order valence-corrected chi connectivity index (χ0v) is 13.7. The normalized spacial score (nSPS) is 31.0. The maximum absolute atomic E-state index is 12.5. The molecule has 1 heterocycles. The van der Waals surface area contributed by atoms with Crippen molar-refractivity contribution in [3.63, 3.8) is 0 Å². The van der Waals surface area contributed by atoms with Crippen LogP contribution < -0.4 is 0 Å². The van der Waals surface area contributed by atoms with Gasteiger partial charge in [-0.3, -0.25) is 0 Å². The lowest BCUT2D eigenvalue weighted by atomic mass is 9.70. The van der Waals surface area contributed by atoms with Crippen LogP contribution in [-0.2, 0) is 18.0 Å². The lowest BCUT2D eigenvalue weighted by Gasteiger charge is -2.34. The Balaban J connectivity index is 1.66. The van der Waals surface area contributed by atoms with E-state index in [0.717, 1.165) is 23.1 Å². The summed E-state index contributed by atoms with van der Waals surface area (Å²) >= 11 is 0. The average Bonchev–Trinajstić information content (AvgIpc) is 2.99. The van der Waals surface area contributed by atoms with Crippen molar-refractivity contribution in [1.29, 1.82) is 0 Å². The molecule has 2 saturated carbocycles. The molecule has 2 aliphatic rings.